The second kappa shape index (κ2) is 10.8. The molecule has 1 amide bonds. The molecule has 38 heavy (non-hydrogen) atoms. The van der Waals surface area contributed by atoms with E-state index in [4.69, 9.17) is 44.3 Å². The number of nitrogens with zero attached hydrogens (tertiary/aromatic N) is 1. The lowest BCUT2D eigenvalue weighted by Gasteiger charge is -2.07. The molecule has 0 spiro atoms. The number of hydrogen-bond acceptors (Lipinski definition) is 5. The van der Waals surface area contributed by atoms with Gasteiger partial charge in [-0.1, -0.05) is 35.3 Å². The number of amides is 1. The Hall–Kier alpha value is -3.91. The van der Waals surface area contributed by atoms with Gasteiger partial charge in [-0.25, -0.2) is 4.98 Å². The van der Waals surface area contributed by atoms with Crippen LogP contribution in [0.4, 0.5) is 5.69 Å². The largest absolute Gasteiger partial charge is 0.457 e. The predicted molar refractivity (Wildman–Crippen MR) is 156 cm³/mol. The molecule has 190 valence electrons. The van der Waals surface area contributed by atoms with Gasteiger partial charge in [0.25, 0.3) is 0 Å². The van der Waals surface area contributed by atoms with E-state index in [1.54, 1.807) is 42.5 Å². The molecule has 0 aliphatic rings. The van der Waals surface area contributed by atoms with Gasteiger partial charge in [0.1, 0.15) is 17.0 Å². The van der Waals surface area contributed by atoms with Crippen LogP contribution in [0, 0.1) is 13.8 Å². The van der Waals surface area contributed by atoms with E-state index in [1.807, 2.05) is 24.3 Å². The molecule has 5 aromatic rings. The van der Waals surface area contributed by atoms with E-state index in [2.05, 4.69) is 29.5 Å². The third-order valence-corrected chi connectivity index (χ3v) is 6.90. The minimum absolute atomic E-state index is 0.141. The maximum atomic E-state index is 12.4. The molecule has 0 saturated heterocycles. The number of thiocarbonyl (C=S) groups is 1. The number of nitrogens with one attached hydrogen (secondary N) is 2. The van der Waals surface area contributed by atoms with Crippen LogP contribution >= 0.6 is 35.4 Å². The summed E-state index contributed by atoms with van der Waals surface area (Å²) in [5.41, 5.74) is 5.94. The van der Waals surface area contributed by atoms with E-state index in [1.165, 1.54) is 23.3 Å². The zero-order valence-electron chi connectivity index (χ0n) is 20.3. The number of oxazole rings is 1. The summed E-state index contributed by atoms with van der Waals surface area (Å²) in [6, 6.07) is 20.3. The van der Waals surface area contributed by atoms with Crippen molar-refractivity contribution < 1.29 is 13.6 Å². The van der Waals surface area contributed by atoms with Crippen LogP contribution in [0.1, 0.15) is 16.9 Å². The maximum absolute atomic E-state index is 12.4. The number of hydrogen-bond donors (Lipinski definition) is 2. The Morgan fingerprint density at radius 3 is 2.63 bits per heavy atom. The molecular formula is C29H21Cl2N3O3S. The molecule has 6 nitrogen and oxygen atoms in total. The number of fused-ring (bicyclic) bond motifs is 1. The van der Waals surface area contributed by atoms with Crippen LogP contribution in [0.2, 0.25) is 10.0 Å². The average Bonchev–Trinajstić information content (AvgIpc) is 3.53. The van der Waals surface area contributed by atoms with Crippen LogP contribution in [-0.4, -0.2) is 16.0 Å². The molecule has 0 unspecified atom stereocenters. The highest BCUT2D eigenvalue weighted by Gasteiger charge is 2.12. The van der Waals surface area contributed by atoms with Gasteiger partial charge in [-0.2, -0.15) is 0 Å². The minimum atomic E-state index is -0.416. The van der Waals surface area contributed by atoms with Crippen molar-refractivity contribution in [3.05, 3.63) is 99.7 Å². The Morgan fingerprint density at radius 2 is 1.82 bits per heavy atom. The van der Waals surface area contributed by atoms with E-state index < -0.39 is 5.91 Å². The summed E-state index contributed by atoms with van der Waals surface area (Å²) in [4.78, 5) is 17.0. The third-order valence-electron chi connectivity index (χ3n) is 5.88. The molecular weight excluding hydrogens is 541 g/mol. The summed E-state index contributed by atoms with van der Waals surface area (Å²) in [7, 11) is 0. The molecule has 0 atom stereocenters. The summed E-state index contributed by atoms with van der Waals surface area (Å²) < 4.78 is 11.7. The Bertz CT molecular complexity index is 1720. The number of aryl methyl sites for hydroxylation is 2. The van der Waals surface area contributed by atoms with E-state index >= 15 is 0 Å². The lowest BCUT2D eigenvalue weighted by molar-refractivity contribution is -0.115. The Morgan fingerprint density at radius 1 is 0.974 bits per heavy atom. The van der Waals surface area contributed by atoms with Crippen molar-refractivity contribution in [3.63, 3.8) is 0 Å². The van der Waals surface area contributed by atoms with Gasteiger partial charge in [-0.15, -0.1) is 0 Å². The van der Waals surface area contributed by atoms with Crippen molar-refractivity contribution in [2.75, 3.05) is 5.32 Å². The molecule has 0 radical (unpaired) electrons. The molecule has 3 aromatic carbocycles. The van der Waals surface area contributed by atoms with Gasteiger partial charge < -0.3 is 14.2 Å². The lowest BCUT2D eigenvalue weighted by atomic mass is 10.1. The highest BCUT2D eigenvalue weighted by molar-refractivity contribution is 7.80. The van der Waals surface area contributed by atoms with Crippen molar-refractivity contribution in [2.24, 2.45) is 0 Å². The number of carbonyl (C=O) groups excluding carboxylic acids is 1. The summed E-state index contributed by atoms with van der Waals surface area (Å²) in [5, 5.41) is 6.59. The van der Waals surface area contributed by atoms with Crippen LogP contribution in [0.25, 0.3) is 40.0 Å². The molecule has 0 saturated carbocycles. The van der Waals surface area contributed by atoms with Gasteiger partial charge in [0.05, 0.1) is 10.0 Å². The van der Waals surface area contributed by atoms with Crippen LogP contribution < -0.4 is 10.6 Å². The molecule has 0 aliphatic carbocycles. The molecule has 0 fully saturated rings. The number of benzene rings is 3. The summed E-state index contributed by atoms with van der Waals surface area (Å²) >= 11 is 17.6. The molecule has 2 heterocycles. The molecule has 2 aromatic heterocycles. The van der Waals surface area contributed by atoms with E-state index in [0.29, 0.717) is 49.8 Å². The van der Waals surface area contributed by atoms with Crippen molar-refractivity contribution in [1.82, 2.24) is 10.3 Å². The molecule has 0 bridgehead atoms. The van der Waals surface area contributed by atoms with Gasteiger partial charge in [0, 0.05) is 22.9 Å². The molecule has 5 rings (SSSR count). The number of anilines is 1. The fraction of sp³-hybridized carbons (Fsp3) is 0.0690. The van der Waals surface area contributed by atoms with Crippen molar-refractivity contribution >= 4 is 69.3 Å². The van der Waals surface area contributed by atoms with E-state index in [0.717, 1.165) is 5.56 Å². The van der Waals surface area contributed by atoms with Crippen LogP contribution in [0.15, 0.2) is 81.6 Å². The molecule has 9 heteroatoms. The monoisotopic (exact) mass is 561 g/mol. The normalized spacial score (nSPS) is 11.3. The third kappa shape index (κ3) is 5.65. The first-order chi connectivity index (χ1) is 18.3. The van der Waals surface area contributed by atoms with Crippen LogP contribution in [0.3, 0.4) is 0 Å². The van der Waals surface area contributed by atoms with Crippen LogP contribution in [0.5, 0.6) is 0 Å². The van der Waals surface area contributed by atoms with Gasteiger partial charge in [-0.05, 0) is 97.9 Å². The number of aromatic nitrogens is 1. The summed E-state index contributed by atoms with van der Waals surface area (Å²) in [5.74, 6) is 1.14. The number of carbonyl (C=O) groups is 1. The fourth-order valence-electron chi connectivity index (χ4n) is 3.76. The first kappa shape index (κ1) is 25.7. The minimum Gasteiger partial charge on any atom is -0.457 e. The highest BCUT2D eigenvalue weighted by atomic mass is 35.5. The first-order valence-corrected chi connectivity index (χ1v) is 12.8. The second-order valence-electron chi connectivity index (χ2n) is 8.58. The SMILES string of the molecule is Cc1ccc(-c2nc3cc(NC(=S)NC(=O)C=Cc4ccc(-c5cccc(Cl)c5Cl)o4)ccc3o2)cc1C. The average molecular weight is 562 g/mol. The van der Waals surface area contributed by atoms with Gasteiger partial charge >= 0.3 is 0 Å². The topological polar surface area (TPSA) is 80.3 Å². The van der Waals surface area contributed by atoms with Gasteiger partial charge in [0.15, 0.2) is 10.7 Å². The number of furan rings is 1. The summed E-state index contributed by atoms with van der Waals surface area (Å²) in [6.07, 6.45) is 2.86. The predicted octanol–water partition coefficient (Wildman–Crippen LogP) is 8.20. The highest BCUT2D eigenvalue weighted by Crippen LogP contribution is 2.34. The summed E-state index contributed by atoms with van der Waals surface area (Å²) in [6.45, 7) is 4.11. The smallest absolute Gasteiger partial charge is 0.250 e. The first-order valence-electron chi connectivity index (χ1n) is 11.6. The zero-order chi connectivity index (χ0) is 26.8. The van der Waals surface area contributed by atoms with E-state index in [9.17, 15) is 4.79 Å². The van der Waals surface area contributed by atoms with Crippen molar-refractivity contribution in [3.8, 4) is 22.8 Å². The van der Waals surface area contributed by atoms with Crippen molar-refractivity contribution in [2.45, 2.75) is 13.8 Å². The fourth-order valence-corrected chi connectivity index (χ4v) is 4.37. The molecule has 0 aliphatic heterocycles. The Labute approximate surface area is 234 Å². The Kier molecular flexibility index (Phi) is 7.33. The van der Waals surface area contributed by atoms with Crippen LogP contribution in [-0.2, 0) is 4.79 Å². The maximum Gasteiger partial charge on any atom is 0.250 e. The van der Waals surface area contributed by atoms with E-state index in [-0.39, 0.29) is 5.11 Å². The number of halogens is 2. The second-order valence-corrected chi connectivity index (χ2v) is 9.77. The van der Waals surface area contributed by atoms with Gasteiger partial charge in [0.2, 0.25) is 11.8 Å². The van der Waals surface area contributed by atoms with Crippen molar-refractivity contribution in [1.29, 1.82) is 0 Å². The lowest BCUT2D eigenvalue weighted by Crippen LogP contribution is -2.32. The van der Waals surface area contributed by atoms with Gasteiger partial charge in [-0.3, -0.25) is 10.1 Å². The number of rotatable bonds is 5. The zero-order valence-corrected chi connectivity index (χ0v) is 22.7. The Balaban J connectivity index is 1.21. The molecule has 2 N–H and O–H groups in total. The standard InChI is InChI=1S/C29H21Cl2N3O3S/c1-16-6-7-18(14-17(16)2)28-33-23-15-19(8-11-25(23)37-28)32-29(38)34-26(35)13-10-20-9-12-24(36-20)21-4-3-5-22(30)27(21)31/h3-15H,1-2H3,(H2,32,34,35,38). The quantitative estimate of drug-likeness (QED) is 0.166.